The standard InChI is InChI=1S/C20H24N4O/c21-11-16(19(25)24-18-3-1-17(22)2-4-18)12-23-20-8-13-5-14(9-20)7-15(6-13)10-20/h1-4,12-15,23H,5-10,22H2,(H,24,25)/b16-12-. The topological polar surface area (TPSA) is 90.9 Å². The molecule has 0 aromatic heterocycles. The Morgan fingerprint density at radius 2 is 1.68 bits per heavy atom. The number of nitrogen functional groups attached to an aromatic ring is 1. The Morgan fingerprint density at radius 1 is 1.12 bits per heavy atom. The minimum Gasteiger partial charge on any atom is -0.399 e. The van der Waals surface area contributed by atoms with E-state index in [2.05, 4.69) is 10.6 Å². The number of carbonyl (C=O) groups is 1. The minimum absolute atomic E-state index is 0.0956. The lowest BCUT2D eigenvalue weighted by molar-refractivity contribution is -0.112. The second-order valence-corrected chi connectivity index (χ2v) is 8.09. The van der Waals surface area contributed by atoms with Crippen LogP contribution in [0.1, 0.15) is 38.5 Å². The van der Waals surface area contributed by atoms with E-state index >= 15 is 0 Å². The highest BCUT2D eigenvalue weighted by molar-refractivity contribution is 6.06. The van der Waals surface area contributed by atoms with Crippen LogP contribution in [0.3, 0.4) is 0 Å². The Bertz CT molecular complexity index is 709. The number of nitrogens with one attached hydrogen (secondary N) is 2. The van der Waals surface area contributed by atoms with Crippen LogP contribution in [-0.4, -0.2) is 11.4 Å². The van der Waals surface area contributed by atoms with Crippen molar-refractivity contribution in [3.63, 3.8) is 0 Å². The number of nitrogens with zero attached hydrogens (tertiary/aromatic N) is 1. The molecule has 0 heterocycles. The minimum atomic E-state index is -0.385. The molecule has 4 N–H and O–H groups in total. The van der Waals surface area contributed by atoms with Crippen molar-refractivity contribution in [2.75, 3.05) is 11.1 Å². The van der Waals surface area contributed by atoms with Crippen LogP contribution in [0.5, 0.6) is 0 Å². The quantitative estimate of drug-likeness (QED) is 0.447. The molecule has 0 saturated heterocycles. The fourth-order valence-corrected chi connectivity index (χ4v) is 5.43. The molecule has 130 valence electrons. The van der Waals surface area contributed by atoms with E-state index in [0.29, 0.717) is 11.4 Å². The molecule has 1 aromatic rings. The summed E-state index contributed by atoms with van der Waals surface area (Å²) in [7, 11) is 0. The van der Waals surface area contributed by atoms with Crippen LogP contribution in [0.25, 0.3) is 0 Å². The largest absolute Gasteiger partial charge is 0.399 e. The number of amides is 1. The Labute approximate surface area is 148 Å². The third-order valence-electron chi connectivity index (χ3n) is 6.09. The van der Waals surface area contributed by atoms with Gasteiger partial charge in [0.05, 0.1) is 0 Å². The van der Waals surface area contributed by atoms with Gasteiger partial charge < -0.3 is 16.4 Å². The van der Waals surface area contributed by atoms with Crippen molar-refractivity contribution in [3.05, 3.63) is 36.0 Å². The lowest BCUT2D eigenvalue weighted by Crippen LogP contribution is -2.57. The Kier molecular flexibility index (Phi) is 3.91. The summed E-state index contributed by atoms with van der Waals surface area (Å²) < 4.78 is 0. The van der Waals surface area contributed by atoms with Gasteiger partial charge in [-0.05, 0) is 80.5 Å². The van der Waals surface area contributed by atoms with Crippen LogP contribution < -0.4 is 16.4 Å². The Balaban J connectivity index is 1.45. The highest BCUT2D eigenvalue weighted by Crippen LogP contribution is 2.55. The van der Waals surface area contributed by atoms with Crippen molar-refractivity contribution in [2.45, 2.75) is 44.1 Å². The summed E-state index contributed by atoms with van der Waals surface area (Å²) in [6.07, 6.45) is 9.27. The normalized spacial score (nSPS) is 32.9. The second kappa shape index (κ2) is 6.11. The van der Waals surface area contributed by atoms with Gasteiger partial charge in [-0.25, -0.2) is 0 Å². The zero-order valence-electron chi connectivity index (χ0n) is 14.3. The molecule has 5 rings (SSSR count). The van der Waals surface area contributed by atoms with Gasteiger partial charge in [-0.1, -0.05) is 0 Å². The first-order chi connectivity index (χ1) is 12.0. The van der Waals surface area contributed by atoms with Gasteiger partial charge in [0.1, 0.15) is 11.6 Å². The first-order valence-corrected chi connectivity index (χ1v) is 9.10. The summed E-state index contributed by atoms with van der Waals surface area (Å²) >= 11 is 0. The molecule has 5 nitrogen and oxygen atoms in total. The molecule has 0 spiro atoms. The van der Waals surface area contributed by atoms with E-state index in [0.717, 1.165) is 17.8 Å². The zero-order chi connectivity index (χ0) is 17.4. The van der Waals surface area contributed by atoms with Crippen LogP contribution in [0.4, 0.5) is 11.4 Å². The zero-order valence-corrected chi connectivity index (χ0v) is 14.3. The predicted octanol–water partition coefficient (Wildman–Crippen LogP) is 3.17. The molecule has 1 aromatic carbocycles. The Morgan fingerprint density at radius 3 is 2.20 bits per heavy atom. The van der Waals surface area contributed by atoms with Crippen molar-refractivity contribution >= 4 is 17.3 Å². The van der Waals surface area contributed by atoms with E-state index in [4.69, 9.17) is 5.73 Å². The molecule has 4 aliphatic carbocycles. The maximum atomic E-state index is 12.4. The maximum Gasteiger partial charge on any atom is 0.267 e. The summed E-state index contributed by atoms with van der Waals surface area (Å²) in [6, 6.07) is 8.93. The number of anilines is 2. The molecule has 5 heteroatoms. The van der Waals surface area contributed by atoms with Gasteiger partial charge in [0, 0.05) is 23.1 Å². The monoisotopic (exact) mass is 336 g/mol. The van der Waals surface area contributed by atoms with Gasteiger partial charge in [-0.2, -0.15) is 5.26 Å². The summed E-state index contributed by atoms with van der Waals surface area (Å²) in [5, 5.41) is 15.6. The lowest BCUT2D eigenvalue weighted by atomic mass is 9.53. The molecule has 0 unspecified atom stereocenters. The SMILES string of the molecule is N#C/C(=C/NC12CC3CC(CC(C3)C1)C2)C(=O)Nc1ccc(N)cc1. The molecule has 0 radical (unpaired) electrons. The third kappa shape index (κ3) is 3.21. The van der Waals surface area contributed by atoms with Crippen molar-refractivity contribution in [1.82, 2.24) is 5.32 Å². The number of nitriles is 1. The van der Waals surface area contributed by atoms with E-state index < -0.39 is 0 Å². The van der Waals surface area contributed by atoms with E-state index in [1.165, 1.54) is 38.5 Å². The Hall–Kier alpha value is -2.48. The maximum absolute atomic E-state index is 12.4. The summed E-state index contributed by atoms with van der Waals surface area (Å²) in [6.45, 7) is 0. The van der Waals surface area contributed by atoms with Gasteiger partial charge in [-0.15, -0.1) is 0 Å². The lowest BCUT2D eigenvalue weighted by Gasteiger charge is -2.56. The molecule has 4 aliphatic rings. The van der Waals surface area contributed by atoms with Crippen molar-refractivity contribution < 1.29 is 4.79 Å². The van der Waals surface area contributed by atoms with E-state index in [-0.39, 0.29) is 17.0 Å². The van der Waals surface area contributed by atoms with Crippen LogP contribution in [0.15, 0.2) is 36.0 Å². The average Bonchev–Trinajstić information content (AvgIpc) is 2.56. The van der Waals surface area contributed by atoms with Crippen molar-refractivity contribution in [3.8, 4) is 6.07 Å². The van der Waals surface area contributed by atoms with Crippen LogP contribution in [0, 0.1) is 29.1 Å². The summed E-state index contributed by atoms with van der Waals surface area (Å²) in [4.78, 5) is 12.4. The number of hydrogen-bond acceptors (Lipinski definition) is 4. The highest BCUT2D eigenvalue weighted by atomic mass is 16.1. The first-order valence-electron chi connectivity index (χ1n) is 9.10. The van der Waals surface area contributed by atoms with Gasteiger partial charge >= 0.3 is 0 Å². The fraction of sp³-hybridized carbons (Fsp3) is 0.500. The molecule has 1 amide bonds. The highest BCUT2D eigenvalue weighted by Gasteiger charge is 2.50. The first kappa shape index (κ1) is 16.0. The van der Waals surface area contributed by atoms with E-state index in [1.807, 2.05) is 6.07 Å². The van der Waals surface area contributed by atoms with Crippen molar-refractivity contribution in [2.24, 2.45) is 17.8 Å². The molecule has 4 fully saturated rings. The average molecular weight is 336 g/mol. The van der Waals surface area contributed by atoms with Gasteiger partial charge in [0.2, 0.25) is 0 Å². The number of rotatable bonds is 4. The van der Waals surface area contributed by atoms with Gasteiger partial charge in [0.25, 0.3) is 5.91 Å². The number of hydrogen-bond donors (Lipinski definition) is 3. The second-order valence-electron chi connectivity index (χ2n) is 8.09. The summed E-state index contributed by atoms with van der Waals surface area (Å²) in [5.74, 6) is 2.08. The van der Waals surface area contributed by atoms with Crippen LogP contribution in [0.2, 0.25) is 0 Å². The molecule has 25 heavy (non-hydrogen) atoms. The van der Waals surface area contributed by atoms with Crippen LogP contribution >= 0.6 is 0 Å². The molecular formula is C20H24N4O. The number of benzene rings is 1. The van der Waals surface area contributed by atoms with Crippen molar-refractivity contribution in [1.29, 1.82) is 5.26 Å². The smallest absolute Gasteiger partial charge is 0.267 e. The van der Waals surface area contributed by atoms with E-state index in [1.54, 1.807) is 30.5 Å². The fourth-order valence-electron chi connectivity index (χ4n) is 5.43. The van der Waals surface area contributed by atoms with Crippen LogP contribution in [-0.2, 0) is 4.79 Å². The van der Waals surface area contributed by atoms with Gasteiger partial charge in [-0.3, -0.25) is 4.79 Å². The molecule has 0 aliphatic heterocycles. The molecule has 4 saturated carbocycles. The molecule has 0 atom stereocenters. The predicted molar refractivity (Wildman–Crippen MR) is 97.2 cm³/mol. The molecule has 4 bridgehead atoms. The number of nitrogens with two attached hydrogens (primary N) is 1. The van der Waals surface area contributed by atoms with E-state index in [9.17, 15) is 10.1 Å². The van der Waals surface area contributed by atoms with Gasteiger partial charge in [0.15, 0.2) is 0 Å². The summed E-state index contributed by atoms with van der Waals surface area (Å²) in [5.41, 5.74) is 7.13. The molecular weight excluding hydrogens is 312 g/mol. The third-order valence-corrected chi connectivity index (χ3v) is 6.09. The number of carbonyl (C=O) groups excluding carboxylic acids is 1.